The van der Waals surface area contributed by atoms with Crippen LogP contribution in [0, 0.1) is 0 Å². The molecule has 0 unspecified atom stereocenters. The van der Waals surface area contributed by atoms with Gasteiger partial charge in [-0.05, 0) is 36.4 Å². The van der Waals surface area contributed by atoms with E-state index in [1.807, 2.05) is 0 Å². The van der Waals surface area contributed by atoms with Crippen molar-refractivity contribution in [3.8, 4) is 0 Å². The van der Waals surface area contributed by atoms with Gasteiger partial charge in [0.2, 0.25) is 0 Å². The number of aromatic nitrogens is 1. The molecule has 144 valence electrons. The van der Waals surface area contributed by atoms with Crippen molar-refractivity contribution in [1.82, 2.24) is 10.3 Å². The van der Waals surface area contributed by atoms with Crippen LogP contribution < -0.4 is 10.6 Å². The molecule has 0 bridgehead atoms. The van der Waals surface area contributed by atoms with Crippen LogP contribution in [0.5, 0.6) is 0 Å². The number of pyridine rings is 1. The van der Waals surface area contributed by atoms with Gasteiger partial charge in [0.15, 0.2) is 0 Å². The number of nitrogens with one attached hydrogen (secondary N) is 2. The molecule has 0 aliphatic heterocycles. The van der Waals surface area contributed by atoms with E-state index in [2.05, 4.69) is 15.6 Å². The third-order valence-electron chi connectivity index (χ3n) is 3.70. The molecule has 28 heavy (non-hydrogen) atoms. The maximum Gasteiger partial charge on any atom is 0.418 e. The molecule has 9 heteroatoms. The summed E-state index contributed by atoms with van der Waals surface area (Å²) >= 11 is 0. The molecule has 2 N–H and O–H groups in total. The predicted molar refractivity (Wildman–Crippen MR) is 93.5 cm³/mol. The Morgan fingerprint density at radius 1 is 0.929 bits per heavy atom. The third kappa shape index (κ3) is 4.56. The van der Waals surface area contributed by atoms with Crippen LogP contribution in [0.25, 0.3) is 0 Å². The van der Waals surface area contributed by atoms with Gasteiger partial charge in [0, 0.05) is 0 Å². The topological polar surface area (TPSA) is 84.2 Å². The number of hydrogen-bond acceptors (Lipinski definition) is 4. The van der Waals surface area contributed by atoms with Gasteiger partial charge in [-0.15, -0.1) is 0 Å². The highest BCUT2D eigenvalue weighted by Gasteiger charge is 2.33. The van der Waals surface area contributed by atoms with Crippen molar-refractivity contribution < 1.29 is 27.2 Å². The number of para-hydroxylation sites is 1. The fraction of sp³-hybridized carbons (Fsp3) is 0.105. The van der Waals surface area contributed by atoms with Gasteiger partial charge in [-0.2, -0.15) is 13.2 Å². The zero-order valence-electron chi connectivity index (χ0n) is 14.3. The summed E-state index contributed by atoms with van der Waals surface area (Å²) in [4.78, 5) is 28.4. The highest BCUT2D eigenvalue weighted by atomic mass is 19.4. The molecule has 0 aliphatic rings. The molecule has 0 aliphatic carbocycles. The summed E-state index contributed by atoms with van der Waals surface area (Å²) in [5.74, 6) is -0.884. The minimum absolute atomic E-state index is 0.0525. The average molecular weight is 389 g/mol. The molecule has 0 saturated carbocycles. The Kier molecular flexibility index (Phi) is 5.44. The monoisotopic (exact) mass is 389 g/mol. The molecule has 3 rings (SSSR count). The quantitative estimate of drug-likeness (QED) is 0.694. The Balaban J connectivity index is 1.73. The Hall–Kier alpha value is -3.62. The summed E-state index contributed by atoms with van der Waals surface area (Å²) < 4.78 is 44.2. The van der Waals surface area contributed by atoms with Gasteiger partial charge in [-0.1, -0.05) is 18.2 Å². The van der Waals surface area contributed by atoms with Crippen molar-refractivity contribution in [2.24, 2.45) is 0 Å². The van der Waals surface area contributed by atoms with E-state index in [0.717, 1.165) is 12.1 Å². The van der Waals surface area contributed by atoms with E-state index in [1.54, 1.807) is 12.1 Å². The number of benzene rings is 1. The molecule has 2 heterocycles. The minimum atomic E-state index is -4.62. The lowest BCUT2D eigenvalue weighted by Gasteiger charge is -2.13. The highest BCUT2D eigenvalue weighted by Crippen LogP contribution is 2.34. The van der Waals surface area contributed by atoms with Crippen LogP contribution in [0.4, 0.5) is 18.9 Å². The van der Waals surface area contributed by atoms with Gasteiger partial charge >= 0.3 is 6.18 Å². The van der Waals surface area contributed by atoms with E-state index in [-0.39, 0.29) is 17.9 Å². The van der Waals surface area contributed by atoms with Crippen molar-refractivity contribution in [3.05, 3.63) is 83.6 Å². The van der Waals surface area contributed by atoms with E-state index < -0.39 is 29.2 Å². The molecule has 0 spiro atoms. The summed E-state index contributed by atoms with van der Waals surface area (Å²) in [6.07, 6.45) is -3.16. The molecule has 1 aromatic carbocycles. The molecule has 0 atom stereocenters. The number of anilines is 1. The first-order valence-corrected chi connectivity index (χ1v) is 8.10. The summed E-state index contributed by atoms with van der Waals surface area (Å²) in [5, 5.41) is 4.76. The Morgan fingerprint density at radius 2 is 1.64 bits per heavy atom. The van der Waals surface area contributed by atoms with Gasteiger partial charge in [0.25, 0.3) is 11.8 Å². The number of carbonyl (C=O) groups is 2. The fourth-order valence-electron chi connectivity index (χ4n) is 2.38. The molecular formula is C19H14F3N3O3. The second-order valence-electron chi connectivity index (χ2n) is 5.67. The maximum atomic E-state index is 13.0. The smallest absolute Gasteiger partial charge is 0.418 e. The van der Waals surface area contributed by atoms with E-state index in [4.69, 9.17) is 4.42 Å². The molecule has 3 aromatic rings. The molecule has 0 radical (unpaired) electrons. The Bertz CT molecular complexity index is 985. The maximum absolute atomic E-state index is 13.0. The summed E-state index contributed by atoms with van der Waals surface area (Å²) in [6, 6.07) is 12.0. The molecule has 0 saturated heterocycles. The zero-order valence-corrected chi connectivity index (χ0v) is 14.3. The lowest BCUT2D eigenvalue weighted by Crippen LogP contribution is -2.25. The van der Waals surface area contributed by atoms with Gasteiger partial charge in [-0.25, -0.2) is 4.98 Å². The molecular weight excluding hydrogens is 375 g/mol. The number of amides is 2. The molecule has 2 amide bonds. The van der Waals surface area contributed by atoms with E-state index >= 15 is 0 Å². The minimum Gasteiger partial charge on any atom is -0.467 e. The van der Waals surface area contributed by atoms with Gasteiger partial charge in [0.1, 0.15) is 17.1 Å². The first kappa shape index (κ1) is 19.2. The van der Waals surface area contributed by atoms with Crippen molar-refractivity contribution >= 4 is 17.5 Å². The zero-order chi connectivity index (χ0) is 20.1. The van der Waals surface area contributed by atoms with E-state index in [1.165, 1.54) is 36.6 Å². The summed E-state index contributed by atoms with van der Waals surface area (Å²) in [5.41, 5.74) is -1.61. The van der Waals surface area contributed by atoms with Crippen LogP contribution in [-0.4, -0.2) is 16.8 Å². The second-order valence-corrected chi connectivity index (χ2v) is 5.67. The lowest BCUT2D eigenvalue weighted by molar-refractivity contribution is -0.136. The highest BCUT2D eigenvalue weighted by molar-refractivity contribution is 6.04. The number of carbonyl (C=O) groups excluding carboxylic acids is 2. The van der Waals surface area contributed by atoms with Crippen molar-refractivity contribution in [1.29, 1.82) is 0 Å². The molecule has 0 fully saturated rings. The number of alkyl halides is 3. The number of halogens is 3. The van der Waals surface area contributed by atoms with Gasteiger partial charge in [0.05, 0.1) is 24.1 Å². The molecule has 6 nitrogen and oxygen atoms in total. The van der Waals surface area contributed by atoms with Crippen LogP contribution in [-0.2, 0) is 12.7 Å². The SMILES string of the molecule is O=C(NCc1ccco1)c1cccc(C(=O)Nc2ccccc2C(F)(F)F)n1. The average Bonchev–Trinajstić information content (AvgIpc) is 3.19. The van der Waals surface area contributed by atoms with Crippen LogP contribution in [0.1, 0.15) is 32.3 Å². The van der Waals surface area contributed by atoms with E-state index in [0.29, 0.717) is 5.76 Å². The second kappa shape index (κ2) is 7.95. The van der Waals surface area contributed by atoms with Crippen LogP contribution in [0.15, 0.2) is 65.3 Å². The van der Waals surface area contributed by atoms with Crippen LogP contribution in [0.2, 0.25) is 0 Å². The third-order valence-corrected chi connectivity index (χ3v) is 3.70. The number of nitrogens with zero attached hydrogens (tertiary/aromatic N) is 1. The van der Waals surface area contributed by atoms with Gasteiger partial charge < -0.3 is 15.1 Å². The first-order chi connectivity index (χ1) is 13.3. The lowest BCUT2D eigenvalue weighted by atomic mass is 10.1. The largest absolute Gasteiger partial charge is 0.467 e. The summed E-state index contributed by atoms with van der Waals surface area (Å²) in [6.45, 7) is 0.128. The normalized spacial score (nSPS) is 11.1. The standard InChI is InChI=1S/C19H14F3N3O3/c20-19(21,22)13-6-1-2-7-14(13)25-18(27)16-9-3-8-15(24-16)17(26)23-11-12-5-4-10-28-12/h1-10H,11H2,(H,23,26)(H,25,27). The van der Waals surface area contributed by atoms with Crippen molar-refractivity contribution in [3.63, 3.8) is 0 Å². The van der Waals surface area contributed by atoms with Crippen LogP contribution >= 0.6 is 0 Å². The Morgan fingerprint density at radius 3 is 2.32 bits per heavy atom. The molecule has 2 aromatic heterocycles. The van der Waals surface area contributed by atoms with Crippen LogP contribution in [0.3, 0.4) is 0 Å². The van der Waals surface area contributed by atoms with E-state index in [9.17, 15) is 22.8 Å². The van der Waals surface area contributed by atoms with Crippen molar-refractivity contribution in [2.45, 2.75) is 12.7 Å². The van der Waals surface area contributed by atoms with Crippen molar-refractivity contribution in [2.75, 3.05) is 5.32 Å². The fourth-order valence-corrected chi connectivity index (χ4v) is 2.38. The predicted octanol–water partition coefficient (Wildman–Crippen LogP) is 3.88. The number of hydrogen-bond donors (Lipinski definition) is 2. The van der Waals surface area contributed by atoms with Gasteiger partial charge in [-0.3, -0.25) is 9.59 Å². The summed E-state index contributed by atoms with van der Waals surface area (Å²) in [7, 11) is 0. The first-order valence-electron chi connectivity index (χ1n) is 8.10. The Labute approximate surface area is 157 Å². The number of furan rings is 1. The number of rotatable bonds is 5.